The van der Waals surface area contributed by atoms with E-state index in [1.807, 2.05) is 0 Å². The average molecular weight is 491 g/mol. The molecule has 3 aromatic carbocycles. The van der Waals surface area contributed by atoms with Crippen LogP contribution < -0.4 is 21.0 Å². The number of rotatable bonds is 16. The monoisotopic (exact) mass is 490 g/mol. The van der Waals surface area contributed by atoms with Crippen molar-refractivity contribution >= 4 is 23.2 Å². The highest BCUT2D eigenvalue weighted by molar-refractivity contribution is 7.95. The number of hydrogen-bond donors (Lipinski definition) is 0. The van der Waals surface area contributed by atoms with E-state index in [1.165, 1.54) is 99.1 Å². The van der Waals surface area contributed by atoms with Crippen molar-refractivity contribution in [3.05, 3.63) is 91.0 Å². The predicted molar refractivity (Wildman–Crippen MR) is 157 cm³/mol. The maximum atomic E-state index is 8.25. The van der Waals surface area contributed by atoms with Gasteiger partial charge in [0.1, 0.15) is 23.2 Å². The van der Waals surface area contributed by atoms with Crippen molar-refractivity contribution < 1.29 is 5.11 Å². The first-order valence-corrected chi connectivity index (χ1v) is 15.8. The minimum Gasteiger partial charge on any atom is -0.857 e. The van der Waals surface area contributed by atoms with Gasteiger partial charge in [0.2, 0.25) is 0 Å². The Morgan fingerprint density at radius 2 is 0.714 bits per heavy atom. The number of benzene rings is 3. The van der Waals surface area contributed by atoms with Crippen LogP contribution in [0.3, 0.4) is 0 Å². The van der Waals surface area contributed by atoms with Crippen LogP contribution in [-0.2, 0) is 0 Å². The first-order valence-electron chi connectivity index (χ1n) is 13.8. The molecule has 0 aliphatic rings. The Morgan fingerprint density at radius 3 is 1.03 bits per heavy atom. The van der Waals surface area contributed by atoms with Gasteiger partial charge in [0.25, 0.3) is 0 Å². The largest absolute Gasteiger partial charge is 0.857 e. The summed E-state index contributed by atoms with van der Waals surface area (Å²) >= 11 is 0. The lowest BCUT2D eigenvalue weighted by Crippen LogP contribution is -2.33. The van der Waals surface area contributed by atoms with Crippen LogP contribution in [0, 0.1) is 0 Å². The molecule has 3 rings (SSSR count). The molecule has 0 saturated carbocycles. The Bertz CT molecular complexity index is 767. The van der Waals surface area contributed by atoms with Gasteiger partial charge in [-0.05, 0) is 49.2 Å². The van der Waals surface area contributed by atoms with Crippen molar-refractivity contribution in [2.75, 3.05) is 13.3 Å². The smallest absolute Gasteiger partial charge is 0.112 e. The summed E-state index contributed by atoms with van der Waals surface area (Å²) in [6.45, 7) is 2.30. The summed E-state index contributed by atoms with van der Waals surface area (Å²) in [6.07, 6.45) is 18.1. The van der Waals surface area contributed by atoms with Crippen LogP contribution >= 0.6 is 7.26 Å². The number of hydrogen-bond acceptors (Lipinski definition) is 1. The second-order valence-electron chi connectivity index (χ2n) is 9.43. The van der Waals surface area contributed by atoms with Gasteiger partial charge in [-0.1, -0.05) is 126 Å². The molecule has 1 nitrogen and oxygen atoms in total. The molecule has 0 amide bonds. The lowest BCUT2D eigenvalue weighted by molar-refractivity contribution is -0.325. The molecule has 0 bridgehead atoms. The predicted octanol–water partition coefficient (Wildman–Crippen LogP) is 7.66. The molecule has 0 spiro atoms. The highest BCUT2D eigenvalue weighted by Gasteiger charge is 2.44. The summed E-state index contributed by atoms with van der Waals surface area (Å²) < 4.78 is 0. The van der Waals surface area contributed by atoms with Crippen LogP contribution in [0.4, 0.5) is 0 Å². The van der Waals surface area contributed by atoms with Crippen LogP contribution in [-0.4, -0.2) is 13.3 Å². The Labute approximate surface area is 216 Å². The van der Waals surface area contributed by atoms with Gasteiger partial charge >= 0.3 is 0 Å². The van der Waals surface area contributed by atoms with E-state index >= 15 is 0 Å². The second-order valence-corrected chi connectivity index (χ2v) is 13.0. The fraction of sp³-hybridized carbons (Fsp3) is 0.455. The van der Waals surface area contributed by atoms with Crippen molar-refractivity contribution in [2.24, 2.45) is 0 Å². The zero-order chi connectivity index (χ0) is 25.0. The van der Waals surface area contributed by atoms with Gasteiger partial charge in [-0.3, -0.25) is 0 Å². The SMILES string of the molecule is CCCCCCCCCCCCCC[P+](c1ccccc1)(c1ccccc1)c1ccccc1.C[O-]. The van der Waals surface area contributed by atoms with E-state index < -0.39 is 7.26 Å². The van der Waals surface area contributed by atoms with E-state index in [4.69, 9.17) is 5.11 Å². The van der Waals surface area contributed by atoms with E-state index in [1.54, 1.807) is 0 Å². The van der Waals surface area contributed by atoms with E-state index in [0.29, 0.717) is 0 Å². The molecule has 0 saturated heterocycles. The molecule has 2 heteroatoms. The molecule has 35 heavy (non-hydrogen) atoms. The third-order valence-electron chi connectivity index (χ3n) is 6.94. The molecule has 0 unspecified atom stereocenters. The second kappa shape index (κ2) is 18.3. The molecule has 0 heterocycles. The van der Waals surface area contributed by atoms with Crippen LogP contribution in [0.25, 0.3) is 0 Å². The van der Waals surface area contributed by atoms with Crippen molar-refractivity contribution in [3.63, 3.8) is 0 Å². The van der Waals surface area contributed by atoms with Crippen LogP contribution in [0.15, 0.2) is 91.0 Å². The summed E-state index contributed by atoms with van der Waals surface area (Å²) in [5.41, 5.74) is 0. The minimum atomic E-state index is -1.63. The summed E-state index contributed by atoms with van der Waals surface area (Å²) in [5, 5.41) is 12.8. The third-order valence-corrected chi connectivity index (χ3v) is 11.5. The van der Waals surface area contributed by atoms with Gasteiger partial charge in [0.05, 0.1) is 6.16 Å². The van der Waals surface area contributed by atoms with Crippen molar-refractivity contribution in [3.8, 4) is 0 Å². The lowest BCUT2D eigenvalue weighted by atomic mass is 10.1. The van der Waals surface area contributed by atoms with E-state index in [9.17, 15) is 0 Å². The molecule has 3 aromatic rings. The first kappa shape index (κ1) is 29.3. The van der Waals surface area contributed by atoms with Crippen LogP contribution in [0.1, 0.15) is 84.0 Å². The molecular weight excluding hydrogens is 443 g/mol. The summed E-state index contributed by atoms with van der Waals surface area (Å²) in [6, 6.07) is 34.0. The quantitative estimate of drug-likeness (QED) is 0.149. The fourth-order valence-corrected chi connectivity index (χ4v) is 9.48. The van der Waals surface area contributed by atoms with Gasteiger partial charge < -0.3 is 5.11 Å². The molecule has 0 fully saturated rings. The highest BCUT2D eigenvalue weighted by Crippen LogP contribution is 2.55. The van der Waals surface area contributed by atoms with Crippen LogP contribution in [0.5, 0.6) is 0 Å². The van der Waals surface area contributed by atoms with Gasteiger partial charge in [0.15, 0.2) is 0 Å². The van der Waals surface area contributed by atoms with E-state index in [-0.39, 0.29) is 0 Å². The van der Waals surface area contributed by atoms with Gasteiger partial charge in [0, 0.05) is 0 Å². The van der Waals surface area contributed by atoms with Crippen molar-refractivity contribution in [1.29, 1.82) is 0 Å². The Kier molecular flexibility index (Phi) is 15.3. The molecule has 0 aliphatic carbocycles. The van der Waals surface area contributed by atoms with E-state index in [0.717, 1.165) is 7.11 Å². The minimum absolute atomic E-state index is 0.750. The number of unbranched alkanes of at least 4 members (excludes halogenated alkanes) is 11. The maximum absolute atomic E-state index is 8.25. The molecule has 0 aromatic heterocycles. The molecule has 190 valence electrons. The van der Waals surface area contributed by atoms with Crippen molar-refractivity contribution in [1.82, 2.24) is 0 Å². The van der Waals surface area contributed by atoms with Gasteiger partial charge in [-0.25, -0.2) is 0 Å². The zero-order valence-electron chi connectivity index (χ0n) is 22.2. The Hall–Kier alpha value is -1.95. The normalized spacial score (nSPS) is 11.1. The Morgan fingerprint density at radius 1 is 0.429 bits per heavy atom. The zero-order valence-corrected chi connectivity index (χ0v) is 23.1. The first-order chi connectivity index (χ1) is 17.4. The van der Waals surface area contributed by atoms with Gasteiger partial charge in [-0.2, -0.15) is 7.11 Å². The topological polar surface area (TPSA) is 23.1 Å². The standard InChI is InChI=1S/C32H44P.CH3O/c1-2-3-4-5-6-7-8-9-10-11-12-22-29-33(30-23-16-13-17-24-30,31-25-18-14-19-26-31)32-27-20-15-21-28-32;1-2/h13-21,23-28H,2-12,22,29H2,1H3;1H3/q+1;-1. The lowest BCUT2D eigenvalue weighted by Gasteiger charge is -2.27. The summed E-state index contributed by atoms with van der Waals surface area (Å²) in [7, 11) is -0.883. The summed E-state index contributed by atoms with van der Waals surface area (Å²) in [5.74, 6) is 0. The Balaban J connectivity index is 0.00000210. The molecule has 0 atom stereocenters. The summed E-state index contributed by atoms with van der Waals surface area (Å²) in [4.78, 5) is 0. The molecular formula is C33H47OP. The molecule has 0 N–H and O–H groups in total. The van der Waals surface area contributed by atoms with Crippen molar-refractivity contribution in [2.45, 2.75) is 84.0 Å². The average Bonchev–Trinajstić information content (AvgIpc) is 2.94. The van der Waals surface area contributed by atoms with Crippen LogP contribution in [0.2, 0.25) is 0 Å². The third kappa shape index (κ3) is 9.55. The molecule has 0 aliphatic heterocycles. The highest BCUT2D eigenvalue weighted by atomic mass is 31.2. The fourth-order valence-electron chi connectivity index (χ4n) is 5.07. The van der Waals surface area contributed by atoms with Gasteiger partial charge in [-0.15, -0.1) is 0 Å². The maximum Gasteiger partial charge on any atom is 0.112 e. The molecule has 0 radical (unpaired) electrons. The van der Waals surface area contributed by atoms with E-state index in [2.05, 4.69) is 97.9 Å².